The minimum atomic E-state index is -0.746. The van der Waals surface area contributed by atoms with Gasteiger partial charge in [0.15, 0.2) is 12.4 Å². The number of carbonyl (C=O) groups excluding carboxylic acids is 2. The lowest BCUT2D eigenvalue weighted by molar-refractivity contribution is -0.385. The van der Waals surface area contributed by atoms with Crippen molar-refractivity contribution >= 4 is 34.9 Å². The van der Waals surface area contributed by atoms with Crippen molar-refractivity contribution in [2.75, 3.05) is 19.0 Å². The largest absolute Gasteiger partial charge is 0.477 e. The third-order valence-corrected chi connectivity index (χ3v) is 3.55. The van der Waals surface area contributed by atoms with Gasteiger partial charge in [0.25, 0.3) is 5.91 Å². The molecule has 138 valence electrons. The van der Waals surface area contributed by atoms with Crippen LogP contribution >= 0.6 is 11.6 Å². The third-order valence-electron chi connectivity index (χ3n) is 3.31. The summed E-state index contributed by atoms with van der Waals surface area (Å²) in [5.41, 5.74) is -0.139. The molecule has 0 saturated heterocycles. The van der Waals surface area contributed by atoms with Crippen molar-refractivity contribution in [1.29, 1.82) is 5.26 Å². The van der Waals surface area contributed by atoms with E-state index in [1.807, 2.05) is 6.07 Å². The highest BCUT2D eigenvalue weighted by Gasteiger charge is 2.20. The molecule has 2 rings (SSSR count). The van der Waals surface area contributed by atoms with Gasteiger partial charge >= 0.3 is 11.7 Å². The first-order chi connectivity index (χ1) is 12.8. The Hall–Kier alpha value is -3.64. The second-order valence-electron chi connectivity index (χ2n) is 5.07. The summed E-state index contributed by atoms with van der Waals surface area (Å²) >= 11 is 5.83. The molecule has 1 amide bonds. The summed E-state index contributed by atoms with van der Waals surface area (Å²) in [6.45, 7) is -0.560. The summed E-state index contributed by atoms with van der Waals surface area (Å²) in [4.78, 5) is 33.9. The van der Waals surface area contributed by atoms with E-state index >= 15 is 0 Å². The Morgan fingerprint density at radius 3 is 2.67 bits per heavy atom. The number of nitro benzene ring substituents is 1. The lowest BCUT2D eigenvalue weighted by atomic mass is 10.2. The van der Waals surface area contributed by atoms with Gasteiger partial charge in [0.1, 0.15) is 6.07 Å². The van der Waals surface area contributed by atoms with Gasteiger partial charge in [0.2, 0.25) is 0 Å². The lowest BCUT2D eigenvalue weighted by Crippen LogP contribution is -2.21. The fraction of sp³-hybridized carbons (Fsp3) is 0.118. The number of amides is 1. The maximum Gasteiger partial charge on any atom is 0.338 e. The molecule has 27 heavy (non-hydrogen) atoms. The summed E-state index contributed by atoms with van der Waals surface area (Å²) in [5.74, 6) is -1.60. The Labute approximate surface area is 158 Å². The van der Waals surface area contributed by atoms with Crippen molar-refractivity contribution in [2.24, 2.45) is 0 Å². The number of esters is 1. The van der Waals surface area contributed by atoms with Crippen molar-refractivity contribution < 1.29 is 24.0 Å². The van der Waals surface area contributed by atoms with Crippen molar-refractivity contribution in [1.82, 2.24) is 0 Å². The normalized spacial score (nSPS) is 9.81. The number of benzene rings is 2. The SMILES string of the molecule is COC(=O)c1ccc(OCC(=O)Nc2cc(Cl)ccc2C#N)c([N+](=O)[O-])c1. The summed E-state index contributed by atoms with van der Waals surface area (Å²) in [5, 5.41) is 23.0. The predicted molar refractivity (Wildman–Crippen MR) is 94.7 cm³/mol. The van der Waals surface area contributed by atoms with E-state index in [-0.39, 0.29) is 22.6 Å². The first-order valence-corrected chi connectivity index (χ1v) is 7.72. The molecule has 2 aromatic rings. The number of rotatable bonds is 6. The van der Waals surface area contributed by atoms with Crippen LogP contribution in [-0.2, 0) is 9.53 Å². The quantitative estimate of drug-likeness (QED) is 0.456. The molecule has 0 aliphatic rings. The van der Waals surface area contributed by atoms with Gasteiger partial charge < -0.3 is 14.8 Å². The Balaban J connectivity index is 2.13. The molecule has 0 bridgehead atoms. The zero-order valence-electron chi connectivity index (χ0n) is 13.9. The number of hydrogen-bond donors (Lipinski definition) is 1. The van der Waals surface area contributed by atoms with E-state index in [1.165, 1.54) is 30.3 Å². The number of nitriles is 1. The van der Waals surface area contributed by atoms with Gasteiger partial charge in [-0.2, -0.15) is 5.26 Å². The molecule has 0 aliphatic carbocycles. The molecule has 1 N–H and O–H groups in total. The van der Waals surface area contributed by atoms with E-state index in [2.05, 4.69) is 10.1 Å². The number of ether oxygens (including phenoxy) is 2. The summed E-state index contributed by atoms with van der Waals surface area (Å²) in [6.07, 6.45) is 0. The number of hydrogen-bond acceptors (Lipinski definition) is 7. The molecule has 2 aromatic carbocycles. The summed E-state index contributed by atoms with van der Waals surface area (Å²) in [6, 6.07) is 9.69. The van der Waals surface area contributed by atoms with Crippen LogP contribution in [0, 0.1) is 21.4 Å². The Kier molecular flexibility index (Phi) is 6.30. The minimum absolute atomic E-state index is 0.0291. The molecule has 10 heteroatoms. The molecule has 0 heterocycles. The van der Waals surface area contributed by atoms with Crippen molar-refractivity contribution in [3.05, 3.63) is 62.7 Å². The molecule has 0 aliphatic heterocycles. The Morgan fingerprint density at radius 1 is 1.30 bits per heavy atom. The average Bonchev–Trinajstić information content (AvgIpc) is 2.65. The van der Waals surface area contributed by atoms with Gasteiger partial charge in [-0.1, -0.05) is 11.6 Å². The van der Waals surface area contributed by atoms with Crippen LogP contribution in [0.25, 0.3) is 0 Å². The van der Waals surface area contributed by atoms with Crippen LogP contribution in [0.5, 0.6) is 5.75 Å². The van der Waals surface area contributed by atoms with Gasteiger partial charge in [0, 0.05) is 11.1 Å². The standard InChI is InChI=1S/C17H12ClN3O6/c1-26-17(23)10-3-5-15(14(6-10)21(24)25)27-9-16(22)20-13-7-12(18)4-2-11(13)8-19/h2-7H,9H2,1H3,(H,20,22). The van der Waals surface area contributed by atoms with Crippen LogP contribution < -0.4 is 10.1 Å². The molecule has 0 unspecified atom stereocenters. The fourth-order valence-electron chi connectivity index (χ4n) is 2.07. The number of methoxy groups -OCH3 is 1. The first-order valence-electron chi connectivity index (χ1n) is 7.34. The van der Waals surface area contributed by atoms with Gasteiger partial charge in [-0.3, -0.25) is 14.9 Å². The number of anilines is 1. The number of nitro groups is 1. The molecule has 9 nitrogen and oxygen atoms in total. The van der Waals surface area contributed by atoms with E-state index in [0.29, 0.717) is 5.02 Å². The van der Waals surface area contributed by atoms with E-state index in [1.54, 1.807) is 0 Å². The molecule has 0 fully saturated rings. The maximum absolute atomic E-state index is 12.0. The monoisotopic (exact) mass is 389 g/mol. The van der Waals surface area contributed by atoms with Crippen molar-refractivity contribution in [3.8, 4) is 11.8 Å². The van der Waals surface area contributed by atoms with Gasteiger partial charge in [-0.15, -0.1) is 0 Å². The highest BCUT2D eigenvalue weighted by Crippen LogP contribution is 2.28. The van der Waals surface area contributed by atoms with Crippen LogP contribution in [0.4, 0.5) is 11.4 Å². The highest BCUT2D eigenvalue weighted by atomic mass is 35.5. The topological polar surface area (TPSA) is 132 Å². The van der Waals surface area contributed by atoms with E-state index < -0.39 is 29.1 Å². The molecular weight excluding hydrogens is 378 g/mol. The van der Waals surface area contributed by atoms with Crippen LogP contribution in [0.15, 0.2) is 36.4 Å². The molecule has 0 atom stereocenters. The second kappa shape index (κ2) is 8.64. The van der Waals surface area contributed by atoms with Gasteiger partial charge in [-0.25, -0.2) is 4.79 Å². The third kappa shape index (κ3) is 4.93. The predicted octanol–water partition coefficient (Wildman–Crippen LogP) is 2.92. The van der Waals surface area contributed by atoms with Crippen LogP contribution in [0.2, 0.25) is 5.02 Å². The van der Waals surface area contributed by atoms with Crippen LogP contribution in [-0.4, -0.2) is 30.5 Å². The molecule has 0 aromatic heterocycles. The van der Waals surface area contributed by atoms with Crippen molar-refractivity contribution in [3.63, 3.8) is 0 Å². The summed E-state index contributed by atoms with van der Waals surface area (Å²) < 4.78 is 9.69. The van der Waals surface area contributed by atoms with E-state index in [4.69, 9.17) is 21.6 Å². The van der Waals surface area contributed by atoms with Gasteiger partial charge in [-0.05, 0) is 30.3 Å². The fourth-order valence-corrected chi connectivity index (χ4v) is 2.25. The van der Waals surface area contributed by atoms with Crippen LogP contribution in [0.1, 0.15) is 15.9 Å². The number of nitrogens with zero attached hydrogens (tertiary/aromatic N) is 2. The smallest absolute Gasteiger partial charge is 0.338 e. The highest BCUT2D eigenvalue weighted by molar-refractivity contribution is 6.31. The van der Waals surface area contributed by atoms with Crippen LogP contribution in [0.3, 0.4) is 0 Å². The number of carbonyl (C=O) groups is 2. The number of nitrogens with one attached hydrogen (secondary N) is 1. The maximum atomic E-state index is 12.0. The van der Waals surface area contributed by atoms with Gasteiger partial charge in [0.05, 0.1) is 28.8 Å². The number of halogens is 1. The first kappa shape index (κ1) is 19.7. The lowest BCUT2D eigenvalue weighted by Gasteiger charge is -2.10. The Bertz CT molecular complexity index is 954. The van der Waals surface area contributed by atoms with Crippen molar-refractivity contribution in [2.45, 2.75) is 0 Å². The molecular formula is C17H12ClN3O6. The minimum Gasteiger partial charge on any atom is -0.477 e. The second-order valence-corrected chi connectivity index (χ2v) is 5.51. The van der Waals surface area contributed by atoms with E-state index in [9.17, 15) is 19.7 Å². The summed E-state index contributed by atoms with van der Waals surface area (Å²) in [7, 11) is 1.15. The molecule has 0 radical (unpaired) electrons. The average molecular weight is 390 g/mol. The zero-order valence-corrected chi connectivity index (χ0v) is 14.6. The Morgan fingerprint density at radius 2 is 2.04 bits per heavy atom. The molecule has 0 saturated carbocycles. The van der Waals surface area contributed by atoms with E-state index in [0.717, 1.165) is 13.2 Å². The molecule has 0 spiro atoms. The zero-order chi connectivity index (χ0) is 20.0.